The van der Waals surface area contributed by atoms with Crippen molar-refractivity contribution in [2.45, 2.75) is 16.4 Å². The lowest BCUT2D eigenvalue weighted by Gasteiger charge is -2.33. The van der Waals surface area contributed by atoms with Gasteiger partial charge in [0.25, 0.3) is 0 Å². The van der Waals surface area contributed by atoms with Crippen molar-refractivity contribution < 1.29 is 22.0 Å². The molecule has 118 valence electrons. The first-order chi connectivity index (χ1) is 10.1. The highest BCUT2D eigenvalue weighted by Gasteiger charge is 2.69. The van der Waals surface area contributed by atoms with Crippen molar-refractivity contribution in [1.29, 1.82) is 0 Å². The second kappa shape index (κ2) is 5.70. The van der Waals surface area contributed by atoms with Crippen LogP contribution < -0.4 is 0 Å². The lowest BCUT2D eigenvalue weighted by Crippen LogP contribution is -2.48. The predicted molar refractivity (Wildman–Crippen MR) is 76.3 cm³/mol. The van der Waals surface area contributed by atoms with E-state index in [0.717, 1.165) is 17.7 Å². The third-order valence-electron chi connectivity index (χ3n) is 3.17. The Morgan fingerprint density at radius 2 is 1.09 bits per heavy atom. The van der Waals surface area contributed by atoms with Gasteiger partial charge in [-0.25, -0.2) is 0 Å². The van der Waals surface area contributed by atoms with Crippen LogP contribution in [0.4, 0.5) is 22.0 Å². The van der Waals surface area contributed by atoms with E-state index in [1.165, 1.54) is 12.1 Å². The molecule has 0 nitrogen and oxygen atoms in total. The van der Waals surface area contributed by atoms with Gasteiger partial charge in [0.2, 0.25) is 4.87 Å². The van der Waals surface area contributed by atoms with Crippen molar-refractivity contribution in [3.63, 3.8) is 0 Å². The fourth-order valence-corrected chi connectivity index (χ4v) is 2.35. The molecule has 0 aliphatic rings. The zero-order valence-corrected chi connectivity index (χ0v) is 12.4. The minimum absolute atomic E-state index is 0.573. The molecule has 0 saturated carbocycles. The van der Waals surface area contributed by atoms with E-state index >= 15 is 0 Å². The Labute approximate surface area is 133 Å². The van der Waals surface area contributed by atoms with Crippen LogP contribution in [0, 0.1) is 0 Å². The number of hydrogen-bond acceptors (Lipinski definition) is 0. The summed E-state index contributed by atoms with van der Waals surface area (Å²) in [7, 11) is 0. The number of benzene rings is 2. The van der Waals surface area contributed by atoms with Crippen LogP contribution in [-0.4, -0.2) is 11.6 Å². The summed E-state index contributed by atoms with van der Waals surface area (Å²) in [6.07, 6.45) is -5.42. The van der Waals surface area contributed by atoms with Gasteiger partial charge in [0.15, 0.2) is 0 Å². The van der Waals surface area contributed by atoms with Gasteiger partial charge in [-0.05, 0) is 28.3 Å². The zero-order chi connectivity index (χ0) is 16.6. The Kier molecular flexibility index (Phi) is 4.42. The minimum atomic E-state index is -5.42. The van der Waals surface area contributed by atoms with Crippen LogP contribution in [0.5, 0.6) is 0 Å². The fourth-order valence-electron chi connectivity index (χ4n) is 2.01. The maximum Gasteiger partial charge on any atom is 0.418 e. The van der Waals surface area contributed by atoms with E-state index in [9.17, 15) is 22.0 Å². The standard InChI is InChI=1S/C15H9Cl2F5/c16-13(14(17,18)19,15(20,21)22)12-8-6-11(7-9-12)10-4-2-1-3-5-10/h1-9H. The fraction of sp³-hybridized carbons (Fsp3) is 0.200. The Morgan fingerprint density at radius 3 is 1.50 bits per heavy atom. The molecule has 0 fully saturated rings. The number of halogens is 7. The second-order valence-corrected chi connectivity index (χ2v) is 5.64. The maximum atomic E-state index is 13.3. The van der Waals surface area contributed by atoms with Crippen LogP contribution in [0.15, 0.2) is 54.6 Å². The first-order valence-electron chi connectivity index (χ1n) is 6.05. The first-order valence-corrected chi connectivity index (χ1v) is 6.81. The molecule has 1 unspecified atom stereocenters. The predicted octanol–water partition coefficient (Wildman–Crippen LogP) is 6.18. The molecule has 2 aromatic carbocycles. The van der Waals surface area contributed by atoms with Crippen LogP contribution in [-0.2, 0) is 4.87 Å². The van der Waals surface area contributed by atoms with Crippen LogP contribution in [0.25, 0.3) is 11.1 Å². The van der Waals surface area contributed by atoms with Gasteiger partial charge in [-0.2, -0.15) is 22.0 Å². The average molecular weight is 355 g/mol. The van der Waals surface area contributed by atoms with Gasteiger partial charge in [-0.1, -0.05) is 66.2 Å². The van der Waals surface area contributed by atoms with Gasteiger partial charge in [-0.3, -0.25) is 0 Å². The quantitative estimate of drug-likeness (QED) is 0.455. The van der Waals surface area contributed by atoms with Crippen molar-refractivity contribution in [3.8, 4) is 11.1 Å². The molecule has 0 aliphatic heterocycles. The first kappa shape index (κ1) is 17.0. The van der Waals surface area contributed by atoms with Crippen molar-refractivity contribution >= 4 is 23.2 Å². The summed E-state index contributed by atoms with van der Waals surface area (Å²) in [4.78, 5) is -3.99. The van der Waals surface area contributed by atoms with Crippen LogP contribution in [0.1, 0.15) is 5.56 Å². The van der Waals surface area contributed by atoms with Crippen molar-refractivity contribution in [1.82, 2.24) is 0 Å². The van der Waals surface area contributed by atoms with E-state index in [0.29, 0.717) is 5.56 Å². The van der Waals surface area contributed by atoms with Crippen molar-refractivity contribution in [2.24, 2.45) is 0 Å². The number of hydrogen-bond donors (Lipinski definition) is 0. The summed E-state index contributed by atoms with van der Waals surface area (Å²) in [5.41, 5.74) is 0.489. The third-order valence-corrected chi connectivity index (χ3v) is 4.22. The Morgan fingerprint density at radius 1 is 0.636 bits per heavy atom. The molecule has 1 atom stereocenters. The number of alkyl halides is 7. The van der Waals surface area contributed by atoms with E-state index in [1.54, 1.807) is 30.3 Å². The lowest BCUT2D eigenvalue weighted by atomic mass is 9.95. The van der Waals surface area contributed by atoms with E-state index in [1.807, 2.05) is 0 Å². The molecule has 0 heterocycles. The average Bonchev–Trinajstić information content (AvgIpc) is 2.45. The molecule has 0 N–H and O–H groups in total. The second-order valence-electron chi connectivity index (χ2n) is 4.60. The van der Waals surface area contributed by atoms with Gasteiger partial charge >= 0.3 is 11.6 Å². The third kappa shape index (κ3) is 2.92. The molecule has 0 spiro atoms. The highest BCUT2D eigenvalue weighted by molar-refractivity contribution is 6.33. The molecule has 0 radical (unpaired) electrons. The van der Waals surface area contributed by atoms with Gasteiger partial charge in [0.05, 0.1) is 0 Å². The SMILES string of the molecule is FC(F)(F)C(Cl)(c1ccc(-c2ccccc2)cc1)C(F)(F)Cl. The molecule has 22 heavy (non-hydrogen) atoms. The highest BCUT2D eigenvalue weighted by atomic mass is 35.5. The van der Waals surface area contributed by atoms with Gasteiger partial charge in [0, 0.05) is 0 Å². The van der Waals surface area contributed by atoms with E-state index in [2.05, 4.69) is 11.6 Å². The van der Waals surface area contributed by atoms with Crippen molar-refractivity contribution in [2.75, 3.05) is 0 Å². The topological polar surface area (TPSA) is 0 Å². The summed E-state index contributed by atoms with van der Waals surface area (Å²) >= 11 is 9.84. The summed E-state index contributed by atoms with van der Waals surface area (Å²) in [5.74, 6) is 0. The van der Waals surface area contributed by atoms with Crippen LogP contribution in [0.3, 0.4) is 0 Å². The molecule has 2 rings (SSSR count). The largest absolute Gasteiger partial charge is 0.418 e. The number of rotatable bonds is 3. The summed E-state index contributed by atoms with van der Waals surface area (Å²) in [5, 5.41) is -4.69. The smallest absolute Gasteiger partial charge is 0.185 e. The van der Waals surface area contributed by atoms with Crippen molar-refractivity contribution in [3.05, 3.63) is 60.2 Å². The minimum Gasteiger partial charge on any atom is -0.185 e. The summed E-state index contributed by atoms with van der Waals surface area (Å²) in [6.45, 7) is 0. The molecular formula is C15H9Cl2F5. The molecule has 2 aromatic rings. The van der Waals surface area contributed by atoms with E-state index < -0.39 is 22.0 Å². The molecule has 0 aromatic heterocycles. The lowest BCUT2D eigenvalue weighted by molar-refractivity contribution is -0.205. The van der Waals surface area contributed by atoms with E-state index in [4.69, 9.17) is 11.6 Å². The summed E-state index contributed by atoms with van der Waals surface area (Å²) in [6, 6.07) is 13.1. The normalized spacial score (nSPS) is 15.4. The van der Waals surface area contributed by atoms with Gasteiger partial charge in [-0.15, -0.1) is 0 Å². The Balaban J connectivity index is 2.48. The van der Waals surface area contributed by atoms with Crippen LogP contribution in [0.2, 0.25) is 0 Å². The highest BCUT2D eigenvalue weighted by Crippen LogP contribution is 2.56. The Hall–Kier alpha value is -1.33. The molecule has 0 bridgehead atoms. The molecule has 0 aliphatic carbocycles. The van der Waals surface area contributed by atoms with Gasteiger partial charge in [0.1, 0.15) is 0 Å². The molecule has 0 amide bonds. The monoisotopic (exact) mass is 354 g/mol. The van der Waals surface area contributed by atoms with E-state index in [-0.39, 0.29) is 0 Å². The Bertz CT molecular complexity index is 616. The zero-order valence-electron chi connectivity index (χ0n) is 10.8. The van der Waals surface area contributed by atoms with Crippen LogP contribution >= 0.6 is 23.2 Å². The summed E-state index contributed by atoms with van der Waals surface area (Å²) < 4.78 is 65.6. The molecule has 0 saturated heterocycles. The maximum absolute atomic E-state index is 13.3. The molecular weight excluding hydrogens is 346 g/mol. The molecule has 7 heteroatoms. The van der Waals surface area contributed by atoms with Gasteiger partial charge < -0.3 is 0 Å².